The first kappa shape index (κ1) is 17.3. The molecule has 0 saturated carbocycles. The van der Waals surface area contributed by atoms with Crippen LogP contribution < -0.4 is 0 Å². The van der Waals surface area contributed by atoms with Gasteiger partial charge in [-0.25, -0.2) is 0 Å². The Morgan fingerprint density at radius 1 is 1.05 bits per heavy atom. The predicted octanol–water partition coefficient (Wildman–Crippen LogP) is 2.05. The highest BCUT2D eigenvalue weighted by Gasteiger charge is 2.31. The zero-order valence-corrected chi connectivity index (χ0v) is 14.2. The summed E-state index contributed by atoms with van der Waals surface area (Å²) in [7, 11) is 0. The van der Waals surface area contributed by atoms with Gasteiger partial charge in [0.15, 0.2) is 0 Å². The summed E-state index contributed by atoms with van der Waals surface area (Å²) in [5, 5.41) is 0. The second-order valence-electron chi connectivity index (χ2n) is 6.73. The molecule has 0 N–H and O–H groups in total. The number of hydrogen-bond donors (Lipinski definition) is 0. The highest BCUT2D eigenvalue weighted by Crippen LogP contribution is 2.24. The number of carbonyl (C=O) groups is 2. The summed E-state index contributed by atoms with van der Waals surface area (Å²) in [6.45, 7) is 8.71. The van der Waals surface area contributed by atoms with E-state index in [-0.39, 0.29) is 17.8 Å². The second-order valence-corrected chi connectivity index (χ2v) is 6.73. The third kappa shape index (κ3) is 4.22. The minimum absolute atomic E-state index is 0.0131. The number of nitrogens with zero attached hydrogens (tertiary/aromatic N) is 2. The molecule has 0 aromatic carbocycles. The van der Waals surface area contributed by atoms with E-state index in [4.69, 9.17) is 4.74 Å². The van der Waals surface area contributed by atoms with Crippen molar-refractivity contribution in [3.63, 3.8) is 0 Å². The zero-order chi connectivity index (χ0) is 16.1. The quantitative estimate of drug-likeness (QED) is 0.746. The molecule has 2 saturated heterocycles. The number of rotatable bonds is 4. The van der Waals surface area contributed by atoms with E-state index >= 15 is 0 Å². The number of hydrogen-bond acceptors (Lipinski definition) is 4. The molecule has 126 valence electrons. The Labute approximate surface area is 134 Å². The summed E-state index contributed by atoms with van der Waals surface area (Å²) in [4.78, 5) is 28.6. The molecule has 5 heteroatoms. The van der Waals surface area contributed by atoms with Crippen LogP contribution in [0.1, 0.15) is 52.9 Å². The van der Waals surface area contributed by atoms with Gasteiger partial charge in [0.25, 0.3) is 0 Å². The lowest BCUT2D eigenvalue weighted by Gasteiger charge is -2.40. The molecule has 0 aromatic rings. The van der Waals surface area contributed by atoms with E-state index in [1.54, 1.807) is 0 Å². The SMILES string of the molecule is CCOC(=O)C1CCN(CC(=O)N2[C@H](C)CCC[C@H]2C)CC1. The Morgan fingerprint density at radius 3 is 2.18 bits per heavy atom. The Balaban J connectivity index is 1.80. The average molecular weight is 310 g/mol. The van der Waals surface area contributed by atoms with E-state index in [9.17, 15) is 9.59 Å². The maximum absolute atomic E-state index is 12.6. The van der Waals surface area contributed by atoms with Crippen LogP contribution in [-0.4, -0.2) is 60.0 Å². The molecular formula is C17H30N2O3. The van der Waals surface area contributed by atoms with Gasteiger partial charge in [-0.05, 0) is 66.0 Å². The Bertz CT molecular complexity index is 381. The zero-order valence-electron chi connectivity index (χ0n) is 14.2. The third-order valence-electron chi connectivity index (χ3n) is 5.05. The smallest absolute Gasteiger partial charge is 0.309 e. The second kappa shape index (κ2) is 7.95. The molecule has 2 rings (SSSR count). The van der Waals surface area contributed by atoms with Gasteiger partial charge < -0.3 is 9.64 Å². The number of amides is 1. The van der Waals surface area contributed by atoms with Crippen molar-refractivity contribution >= 4 is 11.9 Å². The van der Waals surface area contributed by atoms with Gasteiger partial charge in [0.2, 0.25) is 5.91 Å². The molecule has 2 fully saturated rings. The monoisotopic (exact) mass is 310 g/mol. The topological polar surface area (TPSA) is 49.9 Å². The van der Waals surface area contributed by atoms with Crippen LogP contribution in [0.3, 0.4) is 0 Å². The lowest BCUT2D eigenvalue weighted by molar-refractivity contribution is -0.149. The van der Waals surface area contributed by atoms with Crippen LogP contribution in [-0.2, 0) is 14.3 Å². The summed E-state index contributed by atoms with van der Waals surface area (Å²) >= 11 is 0. The van der Waals surface area contributed by atoms with Gasteiger partial charge in [0.05, 0.1) is 19.1 Å². The number of piperidine rings is 2. The van der Waals surface area contributed by atoms with E-state index in [1.165, 1.54) is 6.42 Å². The van der Waals surface area contributed by atoms with Gasteiger partial charge in [-0.15, -0.1) is 0 Å². The molecule has 0 bridgehead atoms. The van der Waals surface area contributed by atoms with E-state index in [1.807, 2.05) is 6.92 Å². The molecule has 5 nitrogen and oxygen atoms in total. The van der Waals surface area contributed by atoms with Crippen LogP contribution in [0.4, 0.5) is 0 Å². The fourth-order valence-electron chi connectivity index (χ4n) is 3.77. The van der Waals surface area contributed by atoms with Gasteiger partial charge in [0, 0.05) is 12.1 Å². The normalized spacial score (nSPS) is 27.7. The lowest BCUT2D eigenvalue weighted by atomic mass is 9.96. The first-order valence-corrected chi connectivity index (χ1v) is 8.73. The van der Waals surface area contributed by atoms with Gasteiger partial charge in [-0.3, -0.25) is 14.5 Å². The Kier molecular flexibility index (Phi) is 6.24. The van der Waals surface area contributed by atoms with Crippen LogP contribution in [0.15, 0.2) is 0 Å². The summed E-state index contributed by atoms with van der Waals surface area (Å²) in [5.41, 5.74) is 0. The van der Waals surface area contributed by atoms with E-state index in [2.05, 4.69) is 23.6 Å². The fraction of sp³-hybridized carbons (Fsp3) is 0.882. The summed E-state index contributed by atoms with van der Waals surface area (Å²) in [6.07, 6.45) is 5.05. The molecule has 0 radical (unpaired) electrons. The van der Waals surface area contributed by atoms with Crippen molar-refractivity contribution in [3.05, 3.63) is 0 Å². The van der Waals surface area contributed by atoms with Crippen molar-refractivity contribution in [2.75, 3.05) is 26.2 Å². The summed E-state index contributed by atoms with van der Waals surface area (Å²) < 4.78 is 5.09. The van der Waals surface area contributed by atoms with Crippen molar-refractivity contribution in [2.24, 2.45) is 5.92 Å². The highest BCUT2D eigenvalue weighted by molar-refractivity contribution is 5.79. The van der Waals surface area contributed by atoms with E-state index < -0.39 is 0 Å². The van der Waals surface area contributed by atoms with Gasteiger partial charge >= 0.3 is 5.97 Å². The van der Waals surface area contributed by atoms with Gasteiger partial charge in [-0.2, -0.15) is 0 Å². The molecule has 0 aliphatic carbocycles. The van der Waals surface area contributed by atoms with Crippen molar-refractivity contribution in [1.82, 2.24) is 9.80 Å². The van der Waals surface area contributed by atoms with Crippen molar-refractivity contribution < 1.29 is 14.3 Å². The maximum Gasteiger partial charge on any atom is 0.309 e. The van der Waals surface area contributed by atoms with E-state index in [0.717, 1.165) is 38.8 Å². The number of esters is 1. The van der Waals surface area contributed by atoms with Crippen molar-refractivity contribution in [1.29, 1.82) is 0 Å². The molecule has 2 aliphatic heterocycles. The van der Waals surface area contributed by atoms with E-state index in [0.29, 0.717) is 25.2 Å². The first-order valence-electron chi connectivity index (χ1n) is 8.73. The van der Waals surface area contributed by atoms with Crippen LogP contribution in [0.25, 0.3) is 0 Å². The molecule has 0 unspecified atom stereocenters. The standard InChI is InChI=1S/C17H30N2O3/c1-4-22-17(21)15-8-10-18(11-9-15)12-16(20)19-13(2)6-5-7-14(19)3/h13-15H,4-12H2,1-3H3/t13-,14-/m1/s1. The fourth-order valence-corrected chi connectivity index (χ4v) is 3.77. The lowest BCUT2D eigenvalue weighted by Crippen LogP contribution is -2.52. The van der Waals surface area contributed by atoms with Gasteiger partial charge in [-0.1, -0.05) is 0 Å². The number of carbonyl (C=O) groups excluding carboxylic acids is 2. The Morgan fingerprint density at radius 2 is 1.64 bits per heavy atom. The maximum atomic E-state index is 12.6. The minimum Gasteiger partial charge on any atom is -0.466 e. The van der Waals surface area contributed by atoms with Crippen LogP contribution in [0.2, 0.25) is 0 Å². The van der Waals surface area contributed by atoms with Crippen LogP contribution in [0.5, 0.6) is 0 Å². The first-order chi connectivity index (χ1) is 10.5. The third-order valence-corrected chi connectivity index (χ3v) is 5.05. The van der Waals surface area contributed by atoms with Crippen molar-refractivity contribution in [3.8, 4) is 0 Å². The molecule has 0 spiro atoms. The number of ether oxygens (including phenoxy) is 1. The molecule has 2 aliphatic rings. The van der Waals surface area contributed by atoms with Crippen molar-refractivity contribution in [2.45, 2.75) is 65.0 Å². The summed E-state index contributed by atoms with van der Waals surface area (Å²) in [5.74, 6) is 0.181. The molecule has 2 heterocycles. The Hall–Kier alpha value is -1.10. The molecule has 2 atom stereocenters. The molecule has 1 amide bonds. The number of likely N-dealkylation sites (tertiary alicyclic amines) is 2. The molecular weight excluding hydrogens is 280 g/mol. The molecule has 22 heavy (non-hydrogen) atoms. The average Bonchev–Trinajstić information content (AvgIpc) is 2.48. The highest BCUT2D eigenvalue weighted by atomic mass is 16.5. The van der Waals surface area contributed by atoms with Crippen LogP contribution in [0, 0.1) is 5.92 Å². The van der Waals surface area contributed by atoms with Gasteiger partial charge in [0.1, 0.15) is 0 Å². The van der Waals surface area contributed by atoms with Crippen LogP contribution >= 0.6 is 0 Å². The minimum atomic E-state index is -0.0771. The predicted molar refractivity (Wildman–Crippen MR) is 85.4 cm³/mol. The summed E-state index contributed by atoms with van der Waals surface area (Å²) in [6, 6.07) is 0.710. The molecule has 0 aromatic heterocycles. The largest absolute Gasteiger partial charge is 0.466 e.